The third-order valence-corrected chi connectivity index (χ3v) is 4.62. The highest BCUT2D eigenvalue weighted by atomic mass is 35.5. The summed E-state index contributed by atoms with van der Waals surface area (Å²) in [7, 11) is 1.24. The van der Waals surface area contributed by atoms with E-state index in [2.05, 4.69) is 5.32 Å². The predicted molar refractivity (Wildman–Crippen MR) is 116 cm³/mol. The molecule has 3 aromatic rings. The van der Waals surface area contributed by atoms with Gasteiger partial charge in [-0.15, -0.1) is 0 Å². The Morgan fingerprint density at radius 2 is 1.60 bits per heavy atom. The summed E-state index contributed by atoms with van der Waals surface area (Å²) >= 11 is 6.49. The van der Waals surface area contributed by atoms with Crippen LogP contribution >= 0.6 is 11.6 Å². The van der Waals surface area contributed by atoms with Crippen LogP contribution in [0, 0.1) is 0 Å². The van der Waals surface area contributed by atoms with Gasteiger partial charge < -0.3 is 14.8 Å². The monoisotopic (exact) mass is 421 g/mol. The second-order valence-electron chi connectivity index (χ2n) is 6.30. The van der Waals surface area contributed by atoms with Crippen LogP contribution < -0.4 is 10.1 Å². The van der Waals surface area contributed by atoms with Gasteiger partial charge >= 0.3 is 5.97 Å². The van der Waals surface area contributed by atoms with Gasteiger partial charge in [-0.05, 0) is 35.4 Å². The average Bonchev–Trinajstić information content (AvgIpc) is 2.79. The van der Waals surface area contributed by atoms with Crippen molar-refractivity contribution in [2.75, 3.05) is 7.11 Å². The fraction of sp³-hybridized carbons (Fsp3) is 0.0833. The molecule has 3 aromatic carbocycles. The molecule has 0 aromatic heterocycles. The number of hydrogen-bond donors (Lipinski definition) is 1. The van der Waals surface area contributed by atoms with Gasteiger partial charge in [0.2, 0.25) is 0 Å². The molecule has 0 fully saturated rings. The van der Waals surface area contributed by atoms with E-state index in [4.69, 9.17) is 21.1 Å². The van der Waals surface area contributed by atoms with Crippen molar-refractivity contribution in [3.8, 4) is 5.75 Å². The Bertz CT molecular complexity index is 1050. The number of rotatable bonds is 7. The first-order valence-corrected chi connectivity index (χ1v) is 9.58. The smallest absolute Gasteiger partial charge is 0.354 e. The number of carbonyl (C=O) groups excluding carboxylic acids is 2. The van der Waals surface area contributed by atoms with Gasteiger partial charge in [0.1, 0.15) is 18.1 Å². The number of esters is 1. The largest absolute Gasteiger partial charge is 0.487 e. The first-order valence-electron chi connectivity index (χ1n) is 9.20. The van der Waals surface area contributed by atoms with Crippen molar-refractivity contribution in [1.29, 1.82) is 0 Å². The van der Waals surface area contributed by atoms with Crippen LogP contribution in [0.5, 0.6) is 5.75 Å². The second-order valence-corrected chi connectivity index (χ2v) is 6.68. The quantitative estimate of drug-likeness (QED) is 0.437. The number of ether oxygens (including phenoxy) is 2. The molecule has 3 rings (SSSR count). The number of methoxy groups -OCH3 is 1. The Kier molecular flexibility index (Phi) is 7.24. The number of amides is 1. The van der Waals surface area contributed by atoms with Crippen LogP contribution in [0.1, 0.15) is 21.5 Å². The number of carbonyl (C=O) groups is 2. The maximum Gasteiger partial charge on any atom is 0.354 e. The van der Waals surface area contributed by atoms with Gasteiger partial charge in [-0.3, -0.25) is 4.79 Å². The second kappa shape index (κ2) is 10.3. The molecule has 0 aliphatic carbocycles. The van der Waals surface area contributed by atoms with Crippen molar-refractivity contribution in [3.63, 3.8) is 0 Å². The zero-order chi connectivity index (χ0) is 21.3. The summed E-state index contributed by atoms with van der Waals surface area (Å²) in [6.07, 6.45) is 1.46. The summed E-state index contributed by atoms with van der Waals surface area (Å²) in [6, 6.07) is 23.5. The number of hydrogen-bond acceptors (Lipinski definition) is 4. The molecule has 5 nitrogen and oxygen atoms in total. The molecule has 0 radical (unpaired) electrons. The van der Waals surface area contributed by atoms with Crippen LogP contribution in [0.2, 0.25) is 5.02 Å². The normalized spacial score (nSPS) is 10.9. The van der Waals surface area contributed by atoms with E-state index in [0.29, 0.717) is 28.5 Å². The van der Waals surface area contributed by atoms with Crippen LogP contribution in [-0.2, 0) is 16.1 Å². The van der Waals surface area contributed by atoms with Gasteiger partial charge in [0, 0.05) is 5.56 Å². The van der Waals surface area contributed by atoms with Gasteiger partial charge in [0.25, 0.3) is 5.91 Å². The Balaban J connectivity index is 1.83. The molecule has 0 heterocycles. The van der Waals surface area contributed by atoms with Crippen LogP contribution in [0.15, 0.2) is 84.6 Å². The maximum absolute atomic E-state index is 12.5. The molecule has 1 amide bonds. The van der Waals surface area contributed by atoms with Crippen molar-refractivity contribution in [3.05, 3.63) is 106 Å². The van der Waals surface area contributed by atoms with Gasteiger partial charge in [0.15, 0.2) is 0 Å². The maximum atomic E-state index is 12.5. The molecular weight excluding hydrogens is 402 g/mol. The molecule has 0 unspecified atom stereocenters. The lowest BCUT2D eigenvalue weighted by molar-refractivity contribution is -0.136. The number of halogens is 1. The Morgan fingerprint density at radius 3 is 2.27 bits per heavy atom. The van der Waals surface area contributed by atoms with Gasteiger partial charge in [-0.2, -0.15) is 0 Å². The summed E-state index contributed by atoms with van der Waals surface area (Å²) < 4.78 is 10.6. The molecule has 0 saturated heterocycles. The topological polar surface area (TPSA) is 64.6 Å². The van der Waals surface area contributed by atoms with Crippen LogP contribution in [0.25, 0.3) is 6.08 Å². The van der Waals surface area contributed by atoms with E-state index in [0.717, 1.165) is 5.56 Å². The lowest BCUT2D eigenvalue weighted by Crippen LogP contribution is -2.28. The SMILES string of the molecule is COC(=O)/C(=C\c1cccc(OCc2ccccc2)c1Cl)NC(=O)c1ccccc1. The van der Waals surface area contributed by atoms with Crippen molar-refractivity contribution < 1.29 is 19.1 Å². The van der Waals surface area contributed by atoms with E-state index in [1.165, 1.54) is 13.2 Å². The molecule has 0 bridgehead atoms. The number of nitrogens with one attached hydrogen (secondary N) is 1. The van der Waals surface area contributed by atoms with E-state index in [9.17, 15) is 9.59 Å². The molecule has 6 heteroatoms. The van der Waals surface area contributed by atoms with E-state index >= 15 is 0 Å². The van der Waals surface area contributed by atoms with E-state index < -0.39 is 11.9 Å². The fourth-order valence-corrected chi connectivity index (χ4v) is 2.92. The molecular formula is C24H20ClNO4. The first kappa shape index (κ1) is 21.1. The number of benzene rings is 3. The lowest BCUT2D eigenvalue weighted by Gasteiger charge is -2.12. The third-order valence-electron chi connectivity index (χ3n) is 4.22. The lowest BCUT2D eigenvalue weighted by atomic mass is 10.1. The fourth-order valence-electron chi connectivity index (χ4n) is 2.68. The van der Waals surface area contributed by atoms with Gasteiger partial charge in [-0.1, -0.05) is 72.3 Å². The summed E-state index contributed by atoms with van der Waals surface area (Å²) in [4.78, 5) is 24.7. The average molecular weight is 422 g/mol. The highest BCUT2D eigenvalue weighted by Gasteiger charge is 2.16. The van der Waals surface area contributed by atoms with Crippen LogP contribution in [-0.4, -0.2) is 19.0 Å². The zero-order valence-electron chi connectivity index (χ0n) is 16.3. The summed E-state index contributed by atoms with van der Waals surface area (Å²) in [6.45, 7) is 0.350. The molecule has 0 aliphatic heterocycles. The van der Waals surface area contributed by atoms with Gasteiger partial charge in [-0.25, -0.2) is 4.79 Å². The van der Waals surface area contributed by atoms with Crippen LogP contribution in [0.3, 0.4) is 0 Å². The Hall–Kier alpha value is -3.57. The van der Waals surface area contributed by atoms with Crippen molar-refractivity contribution in [2.24, 2.45) is 0 Å². The Labute approximate surface area is 179 Å². The molecule has 0 atom stereocenters. The molecule has 1 N–H and O–H groups in total. The third kappa shape index (κ3) is 5.49. The van der Waals surface area contributed by atoms with Crippen molar-refractivity contribution >= 4 is 29.6 Å². The van der Waals surface area contributed by atoms with Gasteiger partial charge in [0.05, 0.1) is 12.1 Å². The minimum atomic E-state index is -0.689. The molecule has 0 saturated carbocycles. The summed E-state index contributed by atoms with van der Waals surface area (Å²) in [5.41, 5.74) is 1.89. The predicted octanol–water partition coefficient (Wildman–Crippen LogP) is 4.86. The summed E-state index contributed by atoms with van der Waals surface area (Å²) in [5.74, 6) is -0.654. The van der Waals surface area contributed by atoms with Crippen molar-refractivity contribution in [1.82, 2.24) is 5.32 Å². The standard InChI is InChI=1S/C24H20ClNO4/c1-29-24(28)20(26-23(27)18-11-6-3-7-12-18)15-19-13-8-14-21(22(19)25)30-16-17-9-4-2-5-10-17/h2-15H,16H2,1H3,(H,26,27)/b20-15+. The molecule has 152 valence electrons. The molecule has 0 spiro atoms. The van der Waals surface area contributed by atoms with E-state index in [-0.39, 0.29) is 5.70 Å². The van der Waals surface area contributed by atoms with E-state index in [1.54, 1.807) is 48.5 Å². The highest BCUT2D eigenvalue weighted by molar-refractivity contribution is 6.33. The highest BCUT2D eigenvalue weighted by Crippen LogP contribution is 2.30. The molecule has 0 aliphatic rings. The Morgan fingerprint density at radius 1 is 0.933 bits per heavy atom. The van der Waals surface area contributed by atoms with Crippen molar-refractivity contribution in [2.45, 2.75) is 6.61 Å². The first-order chi connectivity index (χ1) is 14.6. The minimum Gasteiger partial charge on any atom is -0.487 e. The van der Waals surface area contributed by atoms with Crippen LogP contribution in [0.4, 0.5) is 0 Å². The summed E-state index contributed by atoms with van der Waals surface area (Å²) in [5, 5.41) is 2.91. The molecule has 30 heavy (non-hydrogen) atoms. The minimum absolute atomic E-state index is 0.0338. The van der Waals surface area contributed by atoms with E-state index in [1.807, 2.05) is 30.3 Å². The zero-order valence-corrected chi connectivity index (χ0v) is 17.1.